The van der Waals surface area contributed by atoms with Crippen LogP contribution in [-0.4, -0.2) is 37.2 Å². The van der Waals surface area contributed by atoms with Crippen molar-refractivity contribution in [3.8, 4) is 0 Å². The maximum atomic E-state index is 0. The van der Waals surface area contributed by atoms with Gasteiger partial charge in [-0.2, -0.15) is 0 Å². The molecule has 0 aliphatic carbocycles. The van der Waals surface area contributed by atoms with Crippen LogP contribution < -0.4 is 0 Å². The molecule has 0 saturated carbocycles. The molecule has 0 aromatic rings. The van der Waals surface area contributed by atoms with E-state index in [4.69, 9.17) is 0 Å². The molecular weight excluding hydrogens is 210 g/mol. The van der Waals surface area contributed by atoms with E-state index in [-0.39, 0.29) is 70.7 Å². The van der Waals surface area contributed by atoms with Crippen LogP contribution in [0.4, 0.5) is 0 Å². The molecule has 0 aromatic heterocycles. The third-order valence-electron chi connectivity index (χ3n) is 0. The van der Waals surface area contributed by atoms with Gasteiger partial charge in [0, 0.05) is 70.7 Å². The van der Waals surface area contributed by atoms with Crippen molar-refractivity contribution < 1.29 is 33.6 Å². The number of rotatable bonds is 0. The van der Waals surface area contributed by atoms with Crippen molar-refractivity contribution >= 4 is 37.2 Å². The molecule has 0 fully saturated rings. The Hall–Kier alpha value is 2.18. The van der Waals surface area contributed by atoms with E-state index in [1.54, 1.807) is 0 Å². The average Bonchev–Trinajstić information content (AvgIpc) is 0. The van der Waals surface area contributed by atoms with Crippen molar-refractivity contribution in [3.63, 3.8) is 0 Å². The van der Waals surface area contributed by atoms with Gasteiger partial charge in [0.15, 0.2) is 0 Å². The van der Waals surface area contributed by atoms with Crippen molar-refractivity contribution in [1.82, 2.24) is 0 Å². The van der Waals surface area contributed by atoms with Gasteiger partial charge < -0.3 is 0 Å². The summed E-state index contributed by atoms with van der Waals surface area (Å²) in [5, 5.41) is 0. The molecule has 4 heavy (non-hydrogen) atoms. The molecule has 4 heteroatoms. The van der Waals surface area contributed by atoms with E-state index in [2.05, 4.69) is 0 Å². The summed E-state index contributed by atoms with van der Waals surface area (Å²) in [6, 6.07) is 0. The van der Waals surface area contributed by atoms with Crippen LogP contribution in [0.3, 0.4) is 0 Å². The molecule has 0 aliphatic rings. The van der Waals surface area contributed by atoms with Crippen molar-refractivity contribution in [3.05, 3.63) is 0 Å². The van der Waals surface area contributed by atoms with Crippen LogP contribution in [0.5, 0.6) is 0 Å². The van der Waals surface area contributed by atoms with Crippen molar-refractivity contribution in [2.45, 2.75) is 0 Å². The molecule has 0 rings (SSSR count). The minimum atomic E-state index is 0. The zero-order valence-corrected chi connectivity index (χ0v) is 7.59. The summed E-state index contributed by atoms with van der Waals surface area (Å²) in [4.78, 5) is 0. The smallest absolute Gasteiger partial charge is 0 e. The molecule has 23 valence electrons. The van der Waals surface area contributed by atoms with Crippen LogP contribution in [0.1, 0.15) is 0 Å². The zero-order chi connectivity index (χ0) is 0. The van der Waals surface area contributed by atoms with E-state index in [1.807, 2.05) is 0 Å². The molecule has 0 aliphatic heterocycles. The summed E-state index contributed by atoms with van der Waals surface area (Å²) in [6.07, 6.45) is 0. The Kier molecular flexibility index (Phi) is 166. The van der Waals surface area contributed by atoms with Crippen molar-refractivity contribution in [1.29, 1.82) is 0 Å². The van der Waals surface area contributed by atoms with Gasteiger partial charge in [-0.05, 0) is 0 Å². The minimum absolute atomic E-state index is 0. The third kappa shape index (κ3) is 8.89. The van der Waals surface area contributed by atoms with Gasteiger partial charge in [-0.3, -0.25) is 0 Å². The van der Waals surface area contributed by atoms with Crippen molar-refractivity contribution in [2.75, 3.05) is 0 Å². The van der Waals surface area contributed by atoms with Gasteiger partial charge in [0.2, 0.25) is 0 Å². The first-order valence-electron chi connectivity index (χ1n) is 0. The van der Waals surface area contributed by atoms with Crippen molar-refractivity contribution in [2.24, 2.45) is 0 Å². The standard InChI is InChI=1S/Al.Ga.Mn.Ni. The molecule has 0 aromatic carbocycles. The van der Waals surface area contributed by atoms with Gasteiger partial charge in [0.05, 0.1) is 0 Å². The predicted molar refractivity (Wildman–Crippen MR) is 11.5 cm³/mol. The van der Waals surface area contributed by atoms with Gasteiger partial charge in [-0.1, -0.05) is 0 Å². The first-order chi connectivity index (χ1) is 0. The second-order valence-electron chi connectivity index (χ2n) is 0. The molecule has 0 unspecified atom stereocenters. The molecule has 0 spiro atoms. The van der Waals surface area contributed by atoms with E-state index < -0.39 is 0 Å². The summed E-state index contributed by atoms with van der Waals surface area (Å²) in [5.74, 6) is 0. The van der Waals surface area contributed by atoms with E-state index in [9.17, 15) is 0 Å². The Morgan fingerprint density at radius 1 is 1.00 bits per heavy atom. The fourth-order valence-electron chi connectivity index (χ4n) is 0. The van der Waals surface area contributed by atoms with Gasteiger partial charge in [-0.15, -0.1) is 0 Å². The first-order valence-corrected chi connectivity index (χ1v) is 0. The second-order valence-corrected chi connectivity index (χ2v) is 0. The second kappa shape index (κ2) is 19.0. The Morgan fingerprint density at radius 2 is 1.00 bits per heavy atom. The Balaban J connectivity index is 0. The zero-order valence-electron chi connectivity index (χ0n) is 1.85. The van der Waals surface area contributed by atoms with Crippen LogP contribution in [0.25, 0.3) is 0 Å². The molecule has 0 bridgehead atoms. The monoisotopic (exact) mass is 209 g/mol. The fraction of sp³-hybridized carbons (Fsp3) is 0. The third-order valence-corrected chi connectivity index (χ3v) is 0. The number of hydrogen-bond donors (Lipinski definition) is 0. The molecule has 0 amide bonds. The quantitative estimate of drug-likeness (QED) is 0.461. The van der Waals surface area contributed by atoms with Gasteiger partial charge >= 0.3 is 0 Å². The number of hydrogen-bond acceptors (Lipinski definition) is 0. The molecule has 0 heterocycles. The minimum Gasteiger partial charge on any atom is 0 e. The van der Waals surface area contributed by atoms with Crippen LogP contribution in [-0.2, 0) is 33.6 Å². The van der Waals surface area contributed by atoms with E-state index in [0.29, 0.717) is 0 Å². The molecular formula is AlGaMnNi. The topological polar surface area (TPSA) is 0 Å². The van der Waals surface area contributed by atoms with Gasteiger partial charge in [0.25, 0.3) is 0 Å². The van der Waals surface area contributed by atoms with Gasteiger partial charge in [0.1, 0.15) is 0 Å². The van der Waals surface area contributed by atoms with Gasteiger partial charge in [-0.25, -0.2) is 0 Å². The summed E-state index contributed by atoms with van der Waals surface area (Å²) < 4.78 is 0. The summed E-state index contributed by atoms with van der Waals surface area (Å²) in [7, 11) is 0. The SMILES string of the molecule is [Al].[Ga].[Mn].[Ni]. The van der Waals surface area contributed by atoms with Crippen LogP contribution in [0, 0.1) is 0 Å². The predicted octanol–water partition coefficient (Wildman–Crippen LogP) is -0.767. The maximum absolute atomic E-state index is 0. The normalized spacial score (nSPS) is 0. The summed E-state index contributed by atoms with van der Waals surface area (Å²) >= 11 is 0. The molecule has 0 saturated heterocycles. The Morgan fingerprint density at radius 3 is 1.00 bits per heavy atom. The maximum Gasteiger partial charge on any atom is 0 e. The van der Waals surface area contributed by atoms with E-state index >= 15 is 0 Å². The largest absolute Gasteiger partial charge is 0 e. The molecule has 0 atom stereocenters. The Bertz CT molecular complexity index is 8.00. The molecule has 7 radical (unpaired) electrons. The fourth-order valence-corrected chi connectivity index (χ4v) is 0. The summed E-state index contributed by atoms with van der Waals surface area (Å²) in [6.45, 7) is 0. The van der Waals surface area contributed by atoms with Crippen LogP contribution in [0.15, 0.2) is 0 Å². The van der Waals surface area contributed by atoms with E-state index in [0.717, 1.165) is 0 Å². The molecule has 0 N–H and O–H groups in total. The van der Waals surface area contributed by atoms with Crippen LogP contribution in [0.2, 0.25) is 0 Å². The first kappa shape index (κ1) is 34.9. The Labute approximate surface area is 70.1 Å². The van der Waals surface area contributed by atoms with E-state index in [1.165, 1.54) is 0 Å². The molecule has 0 nitrogen and oxygen atoms in total. The summed E-state index contributed by atoms with van der Waals surface area (Å²) in [5.41, 5.74) is 0. The van der Waals surface area contributed by atoms with Crippen LogP contribution >= 0.6 is 0 Å². The average molecular weight is 210 g/mol.